The third-order valence-corrected chi connectivity index (χ3v) is 6.13. The third-order valence-electron chi connectivity index (χ3n) is 5.73. The van der Waals surface area contributed by atoms with Crippen LogP contribution in [0.2, 0.25) is 5.02 Å². The minimum absolute atomic E-state index is 0.0324. The van der Waals surface area contributed by atoms with Crippen molar-refractivity contribution < 1.29 is 14.7 Å². The Balaban J connectivity index is 2.23. The lowest BCUT2D eigenvalue weighted by Gasteiger charge is -2.30. The molecule has 1 amide bonds. The van der Waals surface area contributed by atoms with E-state index >= 15 is 0 Å². The summed E-state index contributed by atoms with van der Waals surface area (Å²) in [5.41, 5.74) is 2.53. The van der Waals surface area contributed by atoms with Gasteiger partial charge in [-0.25, -0.2) is 0 Å². The van der Waals surface area contributed by atoms with Crippen LogP contribution in [0.5, 0.6) is 0 Å². The van der Waals surface area contributed by atoms with E-state index in [1.807, 2.05) is 31.2 Å². The Morgan fingerprint density at radius 2 is 1.58 bits per heavy atom. The first-order chi connectivity index (χ1) is 14.2. The number of rotatable bonds is 3. The number of aliphatic hydroxyl groups is 1. The monoisotopic (exact) mass is 439 g/mol. The van der Waals surface area contributed by atoms with Crippen LogP contribution in [0, 0.1) is 12.3 Å². The summed E-state index contributed by atoms with van der Waals surface area (Å²) in [5, 5.41) is 11.3. The molecule has 0 spiro atoms. The van der Waals surface area contributed by atoms with Gasteiger partial charge in [-0.2, -0.15) is 0 Å². The van der Waals surface area contributed by atoms with Crippen LogP contribution >= 0.6 is 11.6 Å². The molecule has 1 aliphatic heterocycles. The molecule has 2 aromatic rings. The Morgan fingerprint density at radius 1 is 1.00 bits per heavy atom. The first-order valence-electron chi connectivity index (χ1n) is 10.4. The van der Waals surface area contributed by atoms with E-state index in [1.165, 1.54) is 4.90 Å². The highest BCUT2D eigenvalue weighted by atomic mass is 35.5. The second-order valence-electron chi connectivity index (χ2n) is 10.2. The van der Waals surface area contributed by atoms with E-state index in [0.29, 0.717) is 16.3 Å². The van der Waals surface area contributed by atoms with Crippen molar-refractivity contribution in [3.05, 3.63) is 75.5 Å². The summed E-state index contributed by atoms with van der Waals surface area (Å²) in [4.78, 5) is 28.1. The van der Waals surface area contributed by atoms with Crippen molar-refractivity contribution in [3.8, 4) is 0 Å². The van der Waals surface area contributed by atoms with Crippen molar-refractivity contribution in [2.24, 2.45) is 5.41 Å². The number of hydrogen-bond donors (Lipinski definition) is 1. The number of Topliss-reactive ketones (excluding diaryl/α,β-unsaturated/α-hetero) is 1. The number of anilines is 1. The van der Waals surface area contributed by atoms with E-state index in [9.17, 15) is 14.7 Å². The van der Waals surface area contributed by atoms with Crippen molar-refractivity contribution >= 4 is 29.0 Å². The molecule has 0 aromatic heterocycles. The zero-order chi connectivity index (χ0) is 23.3. The number of halogens is 1. The molecule has 4 nitrogen and oxygen atoms in total. The fourth-order valence-corrected chi connectivity index (χ4v) is 4.00. The lowest BCUT2D eigenvalue weighted by molar-refractivity contribution is -0.123. The molecule has 1 atom stereocenters. The maximum Gasteiger partial charge on any atom is 0.294 e. The van der Waals surface area contributed by atoms with Gasteiger partial charge in [-0.05, 0) is 41.2 Å². The molecule has 31 heavy (non-hydrogen) atoms. The van der Waals surface area contributed by atoms with Gasteiger partial charge in [0.05, 0.1) is 11.6 Å². The van der Waals surface area contributed by atoms with Gasteiger partial charge in [0.2, 0.25) is 0 Å². The lowest BCUT2D eigenvalue weighted by atomic mass is 9.81. The molecule has 1 N–H and O–H groups in total. The van der Waals surface area contributed by atoms with Crippen molar-refractivity contribution in [3.63, 3.8) is 0 Å². The lowest BCUT2D eigenvalue weighted by Crippen LogP contribution is -2.33. The zero-order valence-electron chi connectivity index (χ0n) is 19.2. The molecule has 0 aliphatic carbocycles. The van der Waals surface area contributed by atoms with Gasteiger partial charge >= 0.3 is 0 Å². The molecule has 3 rings (SSSR count). The minimum atomic E-state index is -0.757. The van der Waals surface area contributed by atoms with Crippen molar-refractivity contribution in [1.29, 1.82) is 0 Å². The first kappa shape index (κ1) is 23.1. The summed E-state index contributed by atoms with van der Waals surface area (Å²) < 4.78 is 0. The van der Waals surface area contributed by atoms with Crippen molar-refractivity contribution in [2.75, 3.05) is 4.90 Å². The SMILES string of the molecule is Cc1c(Cl)cccc1N1C(=O)C(O)=C(C(=O)C(C)(C)C)C1c1ccc(C(C)(C)C)cc1. The Labute approximate surface area is 189 Å². The summed E-state index contributed by atoms with van der Waals surface area (Å²) in [7, 11) is 0. The highest BCUT2D eigenvalue weighted by Gasteiger charge is 2.47. The Morgan fingerprint density at radius 3 is 2.10 bits per heavy atom. The molecule has 1 unspecified atom stereocenters. The molecule has 1 heterocycles. The maximum absolute atomic E-state index is 13.3. The predicted octanol–water partition coefficient (Wildman–Crippen LogP) is 6.46. The van der Waals surface area contributed by atoms with Crippen LogP contribution in [-0.2, 0) is 15.0 Å². The first-order valence-corrected chi connectivity index (χ1v) is 10.8. The second-order valence-corrected chi connectivity index (χ2v) is 10.6. The fourth-order valence-electron chi connectivity index (χ4n) is 3.83. The van der Waals surface area contributed by atoms with Gasteiger partial charge in [0.15, 0.2) is 11.5 Å². The zero-order valence-corrected chi connectivity index (χ0v) is 20.0. The minimum Gasteiger partial charge on any atom is -0.503 e. The smallest absolute Gasteiger partial charge is 0.294 e. The third kappa shape index (κ3) is 4.14. The summed E-state index contributed by atoms with van der Waals surface area (Å²) in [6, 6.07) is 12.5. The summed E-state index contributed by atoms with van der Waals surface area (Å²) in [5.74, 6) is -1.35. The van der Waals surface area contributed by atoms with E-state index in [-0.39, 0.29) is 16.8 Å². The number of amides is 1. The summed E-state index contributed by atoms with van der Waals surface area (Å²) in [6.45, 7) is 13.6. The molecule has 2 aromatic carbocycles. The number of carbonyl (C=O) groups excluding carboxylic acids is 2. The molecule has 0 bridgehead atoms. The number of ketones is 1. The van der Waals surface area contributed by atoms with Gasteiger partial charge in [0.25, 0.3) is 5.91 Å². The van der Waals surface area contributed by atoms with E-state index < -0.39 is 23.1 Å². The Hall–Kier alpha value is -2.59. The summed E-state index contributed by atoms with van der Waals surface area (Å²) >= 11 is 6.33. The van der Waals surface area contributed by atoms with E-state index in [0.717, 1.165) is 11.1 Å². The molecule has 1 aliphatic rings. The molecule has 164 valence electrons. The number of nitrogens with zero attached hydrogens (tertiary/aromatic N) is 1. The Kier molecular flexibility index (Phi) is 5.83. The molecule has 0 fully saturated rings. The van der Waals surface area contributed by atoms with Gasteiger partial charge in [-0.3, -0.25) is 14.5 Å². The average molecular weight is 440 g/mol. The summed E-state index contributed by atoms with van der Waals surface area (Å²) in [6.07, 6.45) is 0. The normalized spacial score (nSPS) is 17.5. The van der Waals surface area contributed by atoms with Gasteiger partial charge in [-0.1, -0.05) is 83.5 Å². The van der Waals surface area contributed by atoms with Crippen LogP contribution in [0.4, 0.5) is 5.69 Å². The molecule has 0 saturated carbocycles. The van der Waals surface area contributed by atoms with Gasteiger partial charge < -0.3 is 5.11 Å². The van der Waals surface area contributed by atoms with Crippen LogP contribution in [-0.4, -0.2) is 16.8 Å². The number of hydrogen-bond acceptors (Lipinski definition) is 3. The van der Waals surface area contributed by atoms with Crippen LogP contribution in [0.25, 0.3) is 0 Å². The van der Waals surface area contributed by atoms with E-state index in [2.05, 4.69) is 20.8 Å². The fraction of sp³-hybridized carbons (Fsp3) is 0.385. The standard InChI is InChI=1S/C26H30ClNO3/c1-15-18(27)9-8-10-19(15)28-21(16-11-13-17(14-12-16)25(2,3)4)20(22(29)24(28)31)23(30)26(5,6)7/h8-14,21,29H,1-7H3. The van der Waals surface area contributed by atoms with E-state index in [4.69, 9.17) is 11.6 Å². The van der Waals surface area contributed by atoms with Crippen LogP contribution in [0.15, 0.2) is 53.8 Å². The second kappa shape index (κ2) is 7.83. The van der Waals surface area contributed by atoms with Crippen molar-refractivity contribution in [2.45, 2.75) is 59.9 Å². The van der Waals surface area contributed by atoms with Crippen LogP contribution in [0.3, 0.4) is 0 Å². The topological polar surface area (TPSA) is 57.6 Å². The number of aliphatic hydroxyl groups excluding tert-OH is 1. The maximum atomic E-state index is 13.3. The number of benzene rings is 2. The highest BCUT2D eigenvalue weighted by Crippen LogP contribution is 2.45. The van der Waals surface area contributed by atoms with Gasteiger partial charge in [-0.15, -0.1) is 0 Å². The number of carbonyl (C=O) groups is 2. The predicted molar refractivity (Wildman–Crippen MR) is 126 cm³/mol. The molecule has 5 heteroatoms. The Bertz CT molecular complexity index is 1070. The molecule has 0 radical (unpaired) electrons. The molecular weight excluding hydrogens is 410 g/mol. The van der Waals surface area contributed by atoms with Crippen LogP contribution in [0.1, 0.15) is 64.3 Å². The molecular formula is C26H30ClNO3. The largest absolute Gasteiger partial charge is 0.503 e. The van der Waals surface area contributed by atoms with Gasteiger partial charge in [0.1, 0.15) is 0 Å². The van der Waals surface area contributed by atoms with Crippen molar-refractivity contribution in [1.82, 2.24) is 0 Å². The molecule has 0 saturated heterocycles. The quantitative estimate of drug-likeness (QED) is 0.596. The highest BCUT2D eigenvalue weighted by molar-refractivity contribution is 6.32. The van der Waals surface area contributed by atoms with Gasteiger partial charge in [0, 0.05) is 16.1 Å². The van der Waals surface area contributed by atoms with Crippen LogP contribution < -0.4 is 4.90 Å². The van der Waals surface area contributed by atoms with E-state index in [1.54, 1.807) is 39.0 Å². The average Bonchev–Trinajstić information content (AvgIpc) is 2.93.